The Bertz CT molecular complexity index is 760. The Morgan fingerprint density at radius 1 is 1.38 bits per heavy atom. The molecule has 5 rings (SSSR count). The van der Waals surface area contributed by atoms with Gasteiger partial charge in [0.2, 0.25) is 0 Å². The summed E-state index contributed by atoms with van der Waals surface area (Å²) >= 11 is 0. The third-order valence-electron chi connectivity index (χ3n) is 5.86. The van der Waals surface area contributed by atoms with E-state index in [0.29, 0.717) is 11.8 Å². The topological polar surface area (TPSA) is 56.6 Å². The number of aliphatic hydroxyl groups excluding tert-OH is 2. The summed E-state index contributed by atoms with van der Waals surface area (Å²) in [5.74, 6) is 1.19. The van der Waals surface area contributed by atoms with E-state index in [2.05, 4.69) is 22.5 Å². The zero-order valence-electron chi connectivity index (χ0n) is 13.8. The molecule has 3 fully saturated rings. The smallest absolute Gasteiger partial charge is 0.0952 e. The molecule has 3 aliphatic heterocycles. The lowest BCUT2D eigenvalue weighted by atomic mass is 9.73. The number of benzene rings is 1. The molecule has 0 amide bonds. The van der Waals surface area contributed by atoms with Crippen molar-refractivity contribution in [3.05, 3.63) is 54.2 Å². The minimum Gasteiger partial charge on any atom is -0.392 e. The number of aliphatic hydroxyl groups is 2. The van der Waals surface area contributed by atoms with E-state index in [1.807, 2.05) is 24.3 Å². The molecule has 2 aromatic rings. The Morgan fingerprint density at radius 2 is 2.25 bits per heavy atom. The zero-order valence-corrected chi connectivity index (χ0v) is 13.8. The molecule has 4 heteroatoms. The second-order valence-electron chi connectivity index (χ2n) is 7.10. The number of aromatic nitrogens is 1. The molecule has 24 heavy (non-hydrogen) atoms. The van der Waals surface area contributed by atoms with Crippen molar-refractivity contribution in [2.24, 2.45) is 11.8 Å². The second-order valence-corrected chi connectivity index (χ2v) is 7.10. The maximum atomic E-state index is 11.1. The van der Waals surface area contributed by atoms with Crippen LogP contribution >= 0.6 is 0 Å². The Morgan fingerprint density at radius 3 is 2.96 bits per heavy atom. The van der Waals surface area contributed by atoms with Crippen LogP contribution in [0.2, 0.25) is 0 Å². The average molecular weight is 324 g/mol. The van der Waals surface area contributed by atoms with Crippen LogP contribution in [0.5, 0.6) is 0 Å². The van der Waals surface area contributed by atoms with E-state index in [1.165, 1.54) is 6.42 Å². The Balaban J connectivity index is 1.69. The summed E-state index contributed by atoms with van der Waals surface area (Å²) in [7, 11) is 0. The van der Waals surface area contributed by atoms with Gasteiger partial charge in [-0.15, -0.1) is 6.58 Å². The lowest BCUT2D eigenvalue weighted by molar-refractivity contribution is -0.0444. The van der Waals surface area contributed by atoms with Crippen LogP contribution < -0.4 is 0 Å². The van der Waals surface area contributed by atoms with Crippen LogP contribution in [-0.4, -0.2) is 39.2 Å². The molecule has 0 spiro atoms. The highest BCUT2D eigenvalue weighted by Crippen LogP contribution is 2.42. The summed E-state index contributed by atoms with van der Waals surface area (Å²) in [6.07, 6.45) is 5.53. The van der Waals surface area contributed by atoms with E-state index in [4.69, 9.17) is 0 Å². The van der Waals surface area contributed by atoms with Crippen molar-refractivity contribution in [1.29, 1.82) is 0 Å². The molecule has 2 bridgehead atoms. The van der Waals surface area contributed by atoms with E-state index in [1.54, 1.807) is 6.20 Å². The van der Waals surface area contributed by atoms with Gasteiger partial charge in [0.15, 0.2) is 0 Å². The molecule has 1 aromatic heterocycles. The summed E-state index contributed by atoms with van der Waals surface area (Å²) < 4.78 is 0. The molecule has 3 saturated heterocycles. The van der Waals surface area contributed by atoms with Gasteiger partial charge < -0.3 is 10.2 Å². The van der Waals surface area contributed by atoms with Crippen LogP contribution in [-0.2, 0) is 6.61 Å². The molecule has 126 valence electrons. The minimum atomic E-state index is -0.530. The number of nitrogens with zero attached hydrogens (tertiary/aromatic N) is 2. The van der Waals surface area contributed by atoms with E-state index in [-0.39, 0.29) is 12.6 Å². The molecule has 5 atom stereocenters. The molecule has 4 heterocycles. The van der Waals surface area contributed by atoms with Crippen LogP contribution in [0.25, 0.3) is 10.9 Å². The van der Waals surface area contributed by atoms with Gasteiger partial charge in [-0.1, -0.05) is 12.1 Å². The Labute approximate surface area is 142 Å². The summed E-state index contributed by atoms with van der Waals surface area (Å²) in [6.45, 7) is 6.03. The fourth-order valence-corrected chi connectivity index (χ4v) is 4.48. The van der Waals surface area contributed by atoms with Gasteiger partial charge in [0, 0.05) is 24.2 Å². The maximum Gasteiger partial charge on any atom is 0.0952 e. The lowest BCUT2D eigenvalue weighted by Gasteiger charge is -2.50. The van der Waals surface area contributed by atoms with Crippen molar-refractivity contribution in [1.82, 2.24) is 9.88 Å². The average Bonchev–Trinajstić information content (AvgIpc) is 2.66. The van der Waals surface area contributed by atoms with Crippen molar-refractivity contribution in [3.63, 3.8) is 0 Å². The first-order valence-electron chi connectivity index (χ1n) is 8.74. The van der Waals surface area contributed by atoms with E-state index < -0.39 is 6.10 Å². The van der Waals surface area contributed by atoms with E-state index in [0.717, 1.165) is 41.5 Å². The molecule has 0 radical (unpaired) electrons. The van der Waals surface area contributed by atoms with E-state index >= 15 is 0 Å². The number of pyridine rings is 1. The fraction of sp³-hybridized carbons (Fsp3) is 0.450. The van der Waals surface area contributed by atoms with Crippen molar-refractivity contribution in [3.8, 4) is 0 Å². The first kappa shape index (κ1) is 15.8. The zero-order chi connectivity index (χ0) is 16.7. The van der Waals surface area contributed by atoms with Crippen molar-refractivity contribution < 1.29 is 10.2 Å². The van der Waals surface area contributed by atoms with Crippen LogP contribution in [0.3, 0.4) is 0 Å². The SMILES string of the molecule is C=CC1CN2CCC1C[C@H]2[C@H](O)c1ccnc2ccc(CO)cc12. The summed E-state index contributed by atoms with van der Waals surface area (Å²) in [5.41, 5.74) is 2.63. The van der Waals surface area contributed by atoms with Gasteiger partial charge in [-0.2, -0.15) is 0 Å². The van der Waals surface area contributed by atoms with Crippen LogP contribution in [0.15, 0.2) is 43.1 Å². The highest BCUT2D eigenvalue weighted by atomic mass is 16.3. The Kier molecular flexibility index (Phi) is 4.12. The molecular weight excluding hydrogens is 300 g/mol. The first-order chi connectivity index (χ1) is 11.7. The largest absolute Gasteiger partial charge is 0.392 e. The molecule has 0 aliphatic carbocycles. The van der Waals surface area contributed by atoms with Crippen molar-refractivity contribution in [2.45, 2.75) is 31.6 Å². The van der Waals surface area contributed by atoms with Gasteiger partial charge in [0.25, 0.3) is 0 Å². The fourth-order valence-electron chi connectivity index (χ4n) is 4.48. The summed E-state index contributed by atoms with van der Waals surface area (Å²) in [6, 6.07) is 7.82. The minimum absolute atomic E-state index is 0.000980. The summed E-state index contributed by atoms with van der Waals surface area (Å²) in [4.78, 5) is 6.81. The quantitative estimate of drug-likeness (QED) is 0.849. The van der Waals surface area contributed by atoms with Crippen LogP contribution in [0.4, 0.5) is 0 Å². The monoisotopic (exact) mass is 324 g/mol. The molecule has 3 aliphatic rings. The molecule has 0 saturated carbocycles. The maximum absolute atomic E-state index is 11.1. The van der Waals surface area contributed by atoms with Gasteiger partial charge in [-0.25, -0.2) is 0 Å². The molecule has 4 nitrogen and oxygen atoms in total. The molecule has 1 aromatic carbocycles. The van der Waals surface area contributed by atoms with Gasteiger partial charge in [-0.3, -0.25) is 9.88 Å². The second kappa shape index (κ2) is 6.28. The number of hydrogen-bond acceptors (Lipinski definition) is 4. The summed E-state index contributed by atoms with van der Waals surface area (Å²) in [5, 5.41) is 21.5. The number of hydrogen-bond donors (Lipinski definition) is 2. The standard InChI is InChI=1S/C20H24N2O2/c1-2-14-11-22-8-6-15(14)10-19(22)20(24)16-5-7-21-18-4-3-13(12-23)9-17(16)18/h2-5,7,9,14-15,19-20,23-24H,1,6,8,10-12H2/t14?,15?,19-,20+/m0/s1. The number of piperidine rings is 3. The van der Waals surface area contributed by atoms with Gasteiger partial charge in [0.1, 0.15) is 0 Å². The normalized spacial score (nSPS) is 30.4. The van der Waals surface area contributed by atoms with Crippen LogP contribution in [0.1, 0.15) is 30.1 Å². The van der Waals surface area contributed by atoms with Crippen molar-refractivity contribution >= 4 is 10.9 Å². The van der Waals surface area contributed by atoms with Crippen LogP contribution in [0, 0.1) is 11.8 Å². The van der Waals surface area contributed by atoms with E-state index in [9.17, 15) is 10.2 Å². The van der Waals surface area contributed by atoms with Gasteiger partial charge >= 0.3 is 0 Å². The molecule has 3 unspecified atom stereocenters. The molecular formula is C20H24N2O2. The van der Waals surface area contributed by atoms with Gasteiger partial charge in [-0.05, 0) is 60.5 Å². The lowest BCUT2D eigenvalue weighted by Crippen LogP contribution is -2.54. The third-order valence-corrected chi connectivity index (χ3v) is 5.86. The first-order valence-corrected chi connectivity index (χ1v) is 8.74. The third kappa shape index (κ3) is 2.55. The molecule has 2 N–H and O–H groups in total. The highest BCUT2D eigenvalue weighted by molar-refractivity contribution is 5.83. The number of rotatable bonds is 4. The predicted molar refractivity (Wildman–Crippen MR) is 94.4 cm³/mol. The Hall–Kier alpha value is -1.75. The predicted octanol–water partition coefficient (Wildman–Crippen LogP) is 2.66. The number of fused-ring (bicyclic) bond motifs is 4. The highest BCUT2D eigenvalue weighted by Gasteiger charge is 2.42. The van der Waals surface area contributed by atoms with Crippen molar-refractivity contribution in [2.75, 3.05) is 13.1 Å². The van der Waals surface area contributed by atoms with Gasteiger partial charge in [0.05, 0.1) is 18.2 Å².